The number of esters is 1. The summed E-state index contributed by atoms with van der Waals surface area (Å²) in [6.45, 7) is 7.10. The van der Waals surface area contributed by atoms with E-state index in [1.165, 1.54) is 43.7 Å². The van der Waals surface area contributed by atoms with Gasteiger partial charge in [-0.05, 0) is 57.1 Å². The second kappa shape index (κ2) is 9.94. The minimum absolute atomic E-state index is 0.264. The fourth-order valence-electron chi connectivity index (χ4n) is 4.81. The molecule has 2 N–H and O–H groups in total. The molecule has 2 saturated heterocycles. The molecule has 0 aromatic carbocycles. The molecule has 1 aromatic rings. The van der Waals surface area contributed by atoms with Gasteiger partial charge in [0.2, 0.25) is 0 Å². The van der Waals surface area contributed by atoms with Gasteiger partial charge in [-0.15, -0.1) is 11.3 Å². The van der Waals surface area contributed by atoms with Crippen LogP contribution in [-0.4, -0.2) is 67.2 Å². The quantitative estimate of drug-likeness (QED) is 0.676. The molecule has 0 saturated carbocycles. The number of nitrogens with one attached hydrogen (secondary N) is 2. The summed E-state index contributed by atoms with van der Waals surface area (Å²) in [5.41, 5.74) is 1.20. The number of carbonyl (C=O) groups is 2. The molecule has 2 fully saturated rings. The molecule has 4 heterocycles. The fraction of sp³-hybridized carbons (Fsp3) is 0.636. The van der Waals surface area contributed by atoms with E-state index in [1.54, 1.807) is 6.92 Å². The third kappa shape index (κ3) is 4.87. The number of ether oxygens (including phenoxy) is 1. The summed E-state index contributed by atoms with van der Waals surface area (Å²) < 4.78 is 5.35. The molecule has 30 heavy (non-hydrogen) atoms. The molecule has 0 aliphatic carbocycles. The smallest absolute Gasteiger partial charge is 0.338 e. The van der Waals surface area contributed by atoms with Crippen molar-refractivity contribution in [3.63, 3.8) is 0 Å². The highest BCUT2D eigenvalue weighted by Gasteiger charge is 2.35. The molecule has 0 unspecified atom stereocenters. The van der Waals surface area contributed by atoms with Gasteiger partial charge >= 0.3 is 12.0 Å². The molecule has 1 atom stereocenters. The zero-order valence-corrected chi connectivity index (χ0v) is 18.5. The first-order valence-corrected chi connectivity index (χ1v) is 12.0. The van der Waals surface area contributed by atoms with Crippen LogP contribution >= 0.6 is 11.3 Å². The standard InChI is InChI=1S/C22H32N4O3S/c1-2-29-21(27)19-17(23-22(28)24-20(19)18-7-6-14-30-18)15-25-12-8-16(9-13-25)26-10-4-3-5-11-26/h6-7,14,16,20H,2-5,8-13,15H2,1H3,(H2,23,24,28)/t20-/m1/s1. The Morgan fingerprint density at radius 2 is 1.97 bits per heavy atom. The molecular weight excluding hydrogens is 400 g/mol. The predicted octanol–water partition coefficient (Wildman–Crippen LogP) is 2.87. The largest absolute Gasteiger partial charge is 0.463 e. The molecule has 8 heteroatoms. The van der Waals surface area contributed by atoms with Crippen molar-refractivity contribution in [3.05, 3.63) is 33.7 Å². The van der Waals surface area contributed by atoms with Crippen LogP contribution in [-0.2, 0) is 9.53 Å². The van der Waals surface area contributed by atoms with Crippen molar-refractivity contribution in [2.45, 2.75) is 51.1 Å². The highest BCUT2D eigenvalue weighted by atomic mass is 32.1. The third-order valence-corrected chi connectivity index (χ3v) is 7.26. The Morgan fingerprint density at radius 3 is 2.63 bits per heavy atom. The van der Waals surface area contributed by atoms with Gasteiger partial charge in [-0.1, -0.05) is 12.5 Å². The fourth-order valence-corrected chi connectivity index (χ4v) is 5.60. The molecular formula is C22H32N4O3S. The number of carbonyl (C=O) groups excluding carboxylic acids is 2. The van der Waals surface area contributed by atoms with E-state index in [-0.39, 0.29) is 12.0 Å². The number of thiophene rings is 1. The van der Waals surface area contributed by atoms with E-state index >= 15 is 0 Å². The summed E-state index contributed by atoms with van der Waals surface area (Å²) in [5, 5.41) is 7.76. The van der Waals surface area contributed by atoms with Crippen LogP contribution in [0.2, 0.25) is 0 Å². The van der Waals surface area contributed by atoms with E-state index < -0.39 is 6.04 Å². The normalized spacial score (nSPS) is 24.4. The number of amides is 2. The summed E-state index contributed by atoms with van der Waals surface area (Å²) in [4.78, 5) is 31.2. The minimum atomic E-state index is -0.460. The van der Waals surface area contributed by atoms with Crippen LogP contribution in [0.5, 0.6) is 0 Å². The lowest BCUT2D eigenvalue weighted by molar-refractivity contribution is -0.139. The maximum Gasteiger partial charge on any atom is 0.338 e. The highest BCUT2D eigenvalue weighted by molar-refractivity contribution is 7.10. The Labute approximate surface area is 182 Å². The average molecular weight is 433 g/mol. The number of nitrogens with zero attached hydrogens (tertiary/aromatic N) is 2. The van der Waals surface area contributed by atoms with Crippen molar-refractivity contribution in [3.8, 4) is 0 Å². The van der Waals surface area contributed by atoms with E-state index in [4.69, 9.17) is 4.74 Å². The number of hydrogen-bond donors (Lipinski definition) is 2. The van der Waals surface area contributed by atoms with Crippen molar-refractivity contribution in [1.82, 2.24) is 20.4 Å². The second-order valence-electron chi connectivity index (χ2n) is 8.26. The van der Waals surface area contributed by atoms with Crippen LogP contribution < -0.4 is 10.6 Å². The molecule has 0 radical (unpaired) electrons. The first-order valence-electron chi connectivity index (χ1n) is 11.1. The molecule has 0 spiro atoms. The Hall–Kier alpha value is -1.90. The van der Waals surface area contributed by atoms with Crippen LogP contribution in [0.3, 0.4) is 0 Å². The molecule has 164 valence electrons. The van der Waals surface area contributed by atoms with E-state index in [1.807, 2.05) is 17.5 Å². The van der Waals surface area contributed by atoms with Crippen LogP contribution in [0.4, 0.5) is 4.79 Å². The first-order chi connectivity index (χ1) is 14.7. The third-order valence-electron chi connectivity index (χ3n) is 6.32. The summed E-state index contributed by atoms with van der Waals surface area (Å²) >= 11 is 1.53. The summed E-state index contributed by atoms with van der Waals surface area (Å²) in [7, 11) is 0. The lowest BCUT2D eigenvalue weighted by Crippen LogP contribution is -2.51. The van der Waals surface area contributed by atoms with Crippen molar-refractivity contribution in [2.75, 3.05) is 39.3 Å². The van der Waals surface area contributed by atoms with Gasteiger partial charge in [-0.2, -0.15) is 0 Å². The zero-order valence-electron chi connectivity index (χ0n) is 17.7. The molecule has 3 aliphatic heterocycles. The number of urea groups is 1. The van der Waals surface area contributed by atoms with Crippen molar-refractivity contribution < 1.29 is 14.3 Å². The van der Waals surface area contributed by atoms with Crippen LogP contribution in [0.25, 0.3) is 0 Å². The van der Waals surface area contributed by atoms with Gasteiger partial charge in [0.05, 0.1) is 18.2 Å². The number of rotatable bonds is 6. The summed E-state index contributed by atoms with van der Waals surface area (Å²) in [5.74, 6) is -0.360. The topological polar surface area (TPSA) is 73.9 Å². The van der Waals surface area contributed by atoms with E-state index in [2.05, 4.69) is 20.4 Å². The van der Waals surface area contributed by atoms with Gasteiger partial charge in [0.25, 0.3) is 0 Å². The van der Waals surface area contributed by atoms with E-state index in [0.29, 0.717) is 30.5 Å². The summed E-state index contributed by atoms with van der Waals surface area (Å²) in [6.07, 6.45) is 6.28. The Balaban J connectivity index is 1.48. The molecule has 3 aliphatic rings. The van der Waals surface area contributed by atoms with Crippen LogP contribution in [0.1, 0.15) is 49.9 Å². The molecule has 0 bridgehead atoms. The Kier molecular flexibility index (Phi) is 7.07. The molecule has 7 nitrogen and oxygen atoms in total. The molecule has 4 rings (SSSR count). The Morgan fingerprint density at radius 1 is 1.20 bits per heavy atom. The second-order valence-corrected chi connectivity index (χ2v) is 9.24. The van der Waals surface area contributed by atoms with Gasteiger partial charge in [0.1, 0.15) is 0 Å². The van der Waals surface area contributed by atoms with Crippen molar-refractivity contribution >= 4 is 23.3 Å². The zero-order chi connectivity index (χ0) is 20.9. The lowest BCUT2D eigenvalue weighted by atomic mass is 9.98. The number of piperidine rings is 2. The predicted molar refractivity (Wildman–Crippen MR) is 117 cm³/mol. The number of likely N-dealkylation sites (tertiary alicyclic amines) is 2. The van der Waals surface area contributed by atoms with Crippen LogP contribution in [0, 0.1) is 0 Å². The average Bonchev–Trinajstić information content (AvgIpc) is 3.29. The van der Waals surface area contributed by atoms with E-state index in [9.17, 15) is 9.59 Å². The van der Waals surface area contributed by atoms with Gasteiger partial charge < -0.3 is 20.3 Å². The Bertz CT molecular complexity index is 765. The minimum Gasteiger partial charge on any atom is -0.463 e. The maximum atomic E-state index is 12.8. The van der Waals surface area contributed by atoms with Crippen LogP contribution in [0.15, 0.2) is 28.8 Å². The maximum absolute atomic E-state index is 12.8. The van der Waals surface area contributed by atoms with E-state index in [0.717, 1.165) is 30.8 Å². The van der Waals surface area contributed by atoms with Gasteiger partial charge in [0.15, 0.2) is 0 Å². The molecule has 2 amide bonds. The highest BCUT2D eigenvalue weighted by Crippen LogP contribution is 2.31. The van der Waals surface area contributed by atoms with Crippen molar-refractivity contribution in [2.24, 2.45) is 0 Å². The SMILES string of the molecule is CCOC(=O)C1=C(CN2CCC(N3CCCCC3)CC2)NC(=O)N[C@@H]1c1cccs1. The number of hydrogen-bond acceptors (Lipinski definition) is 6. The lowest BCUT2D eigenvalue weighted by Gasteiger charge is -2.41. The van der Waals surface area contributed by atoms with Gasteiger partial charge in [0, 0.05) is 36.3 Å². The van der Waals surface area contributed by atoms with Gasteiger partial charge in [-0.3, -0.25) is 4.90 Å². The summed E-state index contributed by atoms with van der Waals surface area (Å²) in [6, 6.07) is 3.82. The van der Waals surface area contributed by atoms with Crippen molar-refractivity contribution in [1.29, 1.82) is 0 Å². The first kappa shape index (κ1) is 21.3. The van der Waals surface area contributed by atoms with Gasteiger partial charge in [-0.25, -0.2) is 9.59 Å². The monoisotopic (exact) mass is 432 g/mol. The molecule has 1 aromatic heterocycles.